The molecule has 1 N–H and O–H groups in total. The first-order chi connectivity index (χ1) is 10.1. The highest BCUT2D eigenvalue weighted by Crippen LogP contribution is 2.35. The molecule has 2 atom stereocenters. The molecule has 0 spiro atoms. The molecule has 5 heteroatoms. The zero-order chi connectivity index (χ0) is 15.0. The fourth-order valence-corrected chi connectivity index (χ4v) is 4.08. The van der Waals surface area contributed by atoms with Crippen LogP contribution in [0.2, 0.25) is 0 Å². The Kier molecular flexibility index (Phi) is 4.02. The molecule has 3 heterocycles. The molecule has 0 aliphatic carbocycles. The maximum Gasteiger partial charge on any atom is 0.226 e. The number of nitrogens with zero attached hydrogens (tertiary/aromatic N) is 3. The van der Waals surface area contributed by atoms with Gasteiger partial charge in [0.25, 0.3) is 0 Å². The zero-order valence-electron chi connectivity index (χ0n) is 13.3. The van der Waals surface area contributed by atoms with Crippen molar-refractivity contribution in [2.75, 3.05) is 23.3 Å². The van der Waals surface area contributed by atoms with E-state index in [4.69, 9.17) is 4.98 Å². The third-order valence-corrected chi connectivity index (χ3v) is 5.19. The topological polar surface area (TPSA) is 41.1 Å². The quantitative estimate of drug-likeness (QED) is 0.928. The van der Waals surface area contributed by atoms with E-state index in [9.17, 15) is 0 Å². The molecule has 3 rings (SSSR count). The lowest BCUT2D eigenvalue weighted by Gasteiger charge is -2.37. The summed E-state index contributed by atoms with van der Waals surface area (Å²) in [6.45, 7) is 10.8. The second-order valence-electron chi connectivity index (χ2n) is 6.15. The van der Waals surface area contributed by atoms with Crippen LogP contribution in [-0.2, 0) is 0 Å². The van der Waals surface area contributed by atoms with E-state index < -0.39 is 0 Å². The van der Waals surface area contributed by atoms with Gasteiger partial charge in [0.2, 0.25) is 5.95 Å². The SMILES string of the molecule is CCNc1nc(N2CCC(C)CC2C)c2cc(C)sc2n1. The number of thiophene rings is 1. The monoisotopic (exact) mass is 304 g/mol. The van der Waals surface area contributed by atoms with Crippen molar-refractivity contribution in [1.29, 1.82) is 0 Å². The summed E-state index contributed by atoms with van der Waals surface area (Å²) in [5.41, 5.74) is 0. The third kappa shape index (κ3) is 2.84. The largest absolute Gasteiger partial charge is 0.354 e. The first-order valence-corrected chi connectivity index (χ1v) is 8.68. The number of rotatable bonds is 3. The van der Waals surface area contributed by atoms with Gasteiger partial charge < -0.3 is 10.2 Å². The Labute approximate surface area is 130 Å². The minimum absolute atomic E-state index is 0.543. The van der Waals surface area contributed by atoms with Crippen LogP contribution in [0.4, 0.5) is 11.8 Å². The summed E-state index contributed by atoms with van der Waals surface area (Å²) in [6, 6.07) is 2.78. The lowest BCUT2D eigenvalue weighted by molar-refractivity contribution is 0.376. The standard InChI is InChI=1S/C16H24N4S/c1-5-17-16-18-14(13-9-12(4)21-15(13)19-16)20-7-6-10(2)8-11(20)3/h9-11H,5-8H2,1-4H3,(H,17,18,19). The molecule has 1 saturated heterocycles. The molecule has 4 nitrogen and oxygen atoms in total. The smallest absolute Gasteiger partial charge is 0.226 e. The fraction of sp³-hybridized carbons (Fsp3) is 0.625. The lowest BCUT2D eigenvalue weighted by atomic mass is 9.93. The molecule has 2 aromatic rings. The van der Waals surface area contributed by atoms with Crippen LogP contribution in [0, 0.1) is 12.8 Å². The molecule has 2 aromatic heterocycles. The Balaban J connectivity index is 2.06. The van der Waals surface area contributed by atoms with E-state index in [1.165, 1.54) is 23.1 Å². The molecular weight excluding hydrogens is 280 g/mol. The van der Waals surface area contributed by atoms with Crippen LogP contribution in [0.5, 0.6) is 0 Å². The van der Waals surface area contributed by atoms with Crippen LogP contribution < -0.4 is 10.2 Å². The number of piperidine rings is 1. The number of anilines is 2. The minimum atomic E-state index is 0.543. The van der Waals surface area contributed by atoms with Gasteiger partial charge in [-0.25, -0.2) is 4.98 Å². The van der Waals surface area contributed by atoms with Gasteiger partial charge in [-0.15, -0.1) is 11.3 Å². The number of nitrogens with one attached hydrogen (secondary N) is 1. The second kappa shape index (κ2) is 5.79. The molecule has 114 valence electrons. The fourth-order valence-electron chi connectivity index (χ4n) is 3.20. The van der Waals surface area contributed by atoms with E-state index in [0.717, 1.165) is 35.6 Å². The normalized spacial score (nSPS) is 22.8. The van der Waals surface area contributed by atoms with Crippen LogP contribution in [0.3, 0.4) is 0 Å². The van der Waals surface area contributed by atoms with E-state index in [2.05, 4.69) is 49.0 Å². The third-order valence-electron chi connectivity index (χ3n) is 4.24. The molecule has 0 radical (unpaired) electrons. The second-order valence-corrected chi connectivity index (χ2v) is 7.38. The highest BCUT2D eigenvalue weighted by molar-refractivity contribution is 7.18. The average Bonchev–Trinajstić information content (AvgIpc) is 2.79. The highest BCUT2D eigenvalue weighted by atomic mass is 32.1. The molecule has 0 amide bonds. The van der Waals surface area contributed by atoms with Crippen molar-refractivity contribution in [2.45, 2.75) is 46.6 Å². The molecule has 21 heavy (non-hydrogen) atoms. The molecule has 1 fully saturated rings. The van der Waals surface area contributed by atoms with Gasteiger partial charge in [-0.1, -0.05) is 6.92 Å². The number of hydrogen-bond donors (Lipinski definition) is 1. The van der Waals surface area contributed by atoms with Gasteiger partial charge >= 0.3 is 0 Å². The van der Waals surface area contributed by atoms with Crippen molar-refractivity contribution in [3.8, 4) is 0 Å². The Morgan fingerprint density at radius 1 is 1.38 bits per heavy atom. The summed E-state index contributed by atoms with van der Waals surface area (Å²) in [6.07, 6.45) is 2.49. The molecular formula is C16H24N4S. The summed E-state index contributed by atoms with van der Waals surface area (Å²) in [5, 5.41) is 4.48. The summed E-state index contributed by atoms with van der Waals surface area (Å²) < 4.78 is 0. The number of aromatic nitrogens is 2. The van der Waals surface area contributed by atoms with Crippen LogP contribution in [0.15, 0.2) is 6.07 Å². The van der Waals surface area contributed by atoms with Crippen molar-refractivity contribution < 1.29 is 0 Å². The minimum Gasteiger partial charge on any atom is -0.354 e. The van der Waals surface area contributed by atoms with E-state index >= 15 is 0 Å². The predicted molar refractivity (Wildman–Crippen MR) is 91.5 cm³/mol. The van der Waals surface area contributed by atoms with Crippen LogP contribution in [-0.4, -0.2) is 29.1 Å². The molecule has 1 aliphatic rings. The molecule has 0 bridgehead atoms. The Bertz CT molecular complexity index is 636. The molecule has 2 unspecified atom stereocenters. The maximum atomic E-state index is 4.81. The first kappa shape index (κ1) is 14.6. The Morgan fingerprint density at radius 3 is 2.90 bits per heavy atom. The predicted octanol–water partition coefficient (Wildman–Crippen LogP) is 4.06. The summed E-state index contributed by atoms with van der Waals surface area (Å²) in [5.74, 6) is 2.68. The zero-order valence-corrected chi connectivity index (χ0v) is 14.1. The van der Waals surface area contributed by atoms with E-state index in [1.54, 1.807) is 11.3 Å². The van der Waals surface area contributed by atoms with E-state index in [0.29, 0.717) is 6.04 Å². The summed E-state index contributed by atoms with van der Waals surface area (Å²) in [4.78, 5) is 14.3. The van der Waals surface area contributed by atoms with Crippen molar-refractivity contribution in [1.82, 2.24) is 9.97 Å². The lowest BCUT2D eigenvalue weighted by Crippen LogP contribution is -2.40. The molecule has 0 aromatic carbocycles. The van der Waals surface area contributed by atoms with Crippen molar-refractivity contribution in [3.05, 3.63) is 10.9 Å². The number of aryl methyl sites for hydroxylation is 1. The van der Waals surface area contributed by atoms with Gasteiger partial charge in [-0.3, -0.25) is 0 Å². The molecule has 0 saturated carbocycles. The van der Waals surface area contributed by atoms with Gasteiger partial charge in [-0.05, 0) is 45.6 Å². The highest BCUT2D eigenvalue weighted by Gasteiger charge is 2.26. The summed E-state index contributed by atoms with van der Waals surface area (Å²) in [7, 11) is 0. The van der Waals surface area contributed by atoms with E-state index in [1.807, 2.05) is 0 Å². The van der Waals surface area contributed by atoms with Crippen LogP contribution >= 0.6 is 11.3 Å². The average molecular weight is 304 g/mol. The number of fused-ring (bicyclic) bond motifs is 1. The van der Waals surface area contributed by atoms with Gasteiger partial charge in [0.1, 0.15) is 10.6 Å². The van der Waals surface area contributed by atoms with Crippen LogP contribution in [0.25, 0.3) is 10.2 Å². The Morgan fingerprint density at radius 2 is 2.19 bits per heavy atom. The van der Waals surface area contributed by atoms with Crippen molar-refractivity contribution >= 4 is 33.3 Å². The first-order valence-electron chi connectivity index (χ1n) is 7.87. The van der Waals surface area contributed by atoms with Gasteiger partial charge in [0.05, 0.1) is 5.39 Å². The maximum absolute atomic E-state index is 4.81. The number of hydrogen-bond acceptors (Lipinski definition) is 5. The summed E-state index contributed by atoms with van der Waals surface area (Å²) >= 11 is 1.75. The van der Waals surface area contributed by atoms with Crippen LogP contribution in [0.1, 0.15) is 38.5 Å². The van der Waals surface area contributed by atoms with Gasteiger partial charge in [-0.2, -0.15) is 4.98 Å². The van der Waals surface area contributed by atoms with Crippen molar-refractivity contribution in [3.63, 3.8) is 0 Å². The molecule has 1 aliphatic heterocycles. The van der Waals surface area contributed by atoms with E-state index in [-0.39, 0.29) is 0 Å². The van der Waals surface area contributed by atoms with Gasteiger partial charge in [0, 0.05) is 24.0 Å². The van der Waals surface area contributed by atoms with Crippen molar-refractivity contribution in [2.24, 2.45) is 5.92 Å². The Hall–Kier alpha value is -1.36. The van der Waals surface area contributed by atoms with Gasteiger partial charge in [0.15, 0.2) is 0 Å².